The number of hydrogen-bond donors (Lipinski definition) is 1. The van der Waals surface area contributed by atoms with Crippen molar-refractivity contribution in [1.29, 1.82) is 0 Å². The fourth-order valence-electron chi connectivity index (χ4n) is 4.70. The molecule has 1 fully saturated rings. The van der Waals surface area contributed by atoms with Gasteiger partial charge >= 0.3 is 0 Å². The molecule has 4 aromatic rings. The van der Waals surface area contributed by atoms with Crippen molar-refractivity contribution in [2.75, 3.05) is 0 Å². The summed E-state index contributed by atoms with van der Waals surface area (Å²) in [6.07, 6.45) is 5.49. The number of nitrogens with zero attached hydrogens (tertiary/aromatic N) is 4. The molecule has 3 aromatic heterocycles. The molecule has 1 N–H and O–H groups in total. The maximum Gasteiger partial charge on any atom is 0.170 e. The molecule has 33 heavy (non-hydrogen) atoms. The lowest BCUT2D eigenvalue weighted by Gasteiger charge is -2.28. The first-order chi connectivity index (χ1) is 16.0. The largest absolute Gasteiger partial charge is 0.352 e. The number of benzene rings is 1. The minimum Gasteiger partial charge on any atom is -0.352 e. The molecule has 4 heterocycles. The van der Waals surface area contributed by atoms with Gasteiger partial charge in [-0.1, -0.05) is 28.1 Å². The van der Waals surface area contributed by atoms with E-state index in [0.717, 1.165) is 21.0 Å². The fourth-order valence-corrected chi connectivity index (χ4v) is 5.39. The maximum atomic E-state index is 5.85. The van der Waals surface area contributed by atoms with E-state index in [9.17, 15) is 0 Å². The first kappa shape index (κ1) is 21.8. The zero-order valence-electron chi connectivity index (χ0n) is 18.4. The van der Waals surface area contributed by atoms with Gasteiger partial charge in [0.25, 0.3) is 0 Å². The Labute approximate surface area is 207 Å². The van der Waals surface area contributed by atoms with Crippen LogP contribution in [0.3, 0.4) is 0 Å². The lowest BCUT2D eigenvalue weighted by molar-refractivity contribution is 0.310. The van der Waals surface area contributed by atoms with Gasteiger partial charge in [-0.2, -0.15) is 0 Å². The third-order valence-corrected chi connectivity index (χ3v) is 7.00. The van der Waals surface area contributed by atoms with Crippen LogP contribution < -0.4 is 5.32 Å². The number of hydrogen-bond acceptors (Lipinski definition) is 3. The third-order valence-electron chi connectivity index (χ3n) is 6.16. The van der Waals surface area contributed by atoms with Crippen LogP contribution in [0.15, 0.2) is 83.7 Å². The van der Waals surface area contributed by atoms with Gasteiger partial charge < -0.3 is 14.8 Å². The average molecular weight is 518 g/mol. The molecule has 2 atom stereocenters. The zero-order chi connectivity index (χ0) is 22.9. The zero-order valence-corrected chi connectivity index (χ0v) is 20.8. The van der Waals surface area contributed by atoms with Crippen molar-refractivity contribution in [2.24, 2.45) is 0 Å². The number of nitrogens with one attached hydrogen (secondary N) is 1. The standard InChI is InChI=1S/C26H24BrN5S/c1-17-14-22(18(2)32(17)21-7-5-6-20(27)15-21)25-24(23-8-3-4-11-29-23)30-26(33)31(25)16-19-9-12-28-13-10-19/h3-15,24-25H,16H2,1-2H3,(H,30,33)/t24-,25-/m0/s1. The summed E-state index contributed by atoms with van der Waals surface area (Å²) in [5.74, 6) is 0. The fraction of sp³-hybridized carbons (Fsp3) is 0.192. The van der Waals surface area contributed by atoms with Gasteiger partial charge in [-0.15, -0.1) is 0 Å². The Morgan fingerprint density at radius 1 is 1.00 bits per heavy atom. The van der Waals surface area contributed by atoms with Crippen molar-refractivity contribution in [3.8, 4) is 5.69 Å². The van der Waals surface area contributed by atoms with Crippen LogP contribution in [0.4, 0.5) is 0 Å². The van der Waals surface area contributed by atoms with Gasteiger partial charge in [0.1, 0.15) is 0 Å². The lowest BCUT2D eigenvalue weighted by atomic mass is 9.96. The molecule has 5 nitrogen and oxygen atoms in total. The Balaban J connectivity index is 1.62. The second-order valence-corrected chi connectivity index (χ2v) is 9.55. The van der Waals surface area contributed by atoms with Crippen molar-refractivity contribution >= 4 is 33.3 Å². The topological polar surface area (TPSA) is 46.0 Å². The van der Waals surface area contributed by atoms with E-state index < -0.39 is 0 Å². The van der Waals surface area contributed by atoms with E-state index in [1.807, 2.05) is 48.9 Å². The van der Waals surface area contributed by atoms with Gasteiger partial charge in [-0.05, 0) is 85.7 Å². The molecule has 0 spiro atoms. The van der Waals surface area contributed by atoms with Crippen LogP contribution in [0.25, 0.3) is 5.69 Å². The highest BCUT2D eigenvalue weighted by Gasteiger charge is 2.41. The van der Waals surface area contributed by atoms with Gasteiger partial charge in [-0.25, -0.2) is 0 Å². The van der Waals surface area contributed by atoms with Gasteiger partial charge in [-0.3, -0.25) is 9.97 Å². The Morgan fingerprint density at radius 2 is 1.82 bits per heavy atom. The van der Waals surface area contributed by atoms with E-state index >= 15 is 0 Å². The Bertz CT molecular complexity index is 1290. The third kappa shape index (κ3) is 4.18. The minimum absolute atomic E-state index is 0.00710. The highest BCUT2D eigenvalue weighted by atomic mass is 79.9. The molecule has 0 unspecified atom stereocenters. The lowest BCUT2D eigenvalue weighted by Crippen LogP contribution is -2.29. The van der Waals surface area contributed by atoms with Crippen molar-refractivity contribution in [3.63, 3.8) is 0 Å². The SMILES string of the molecule is Cc1cc([C@H]2[C@H](c3ccccn3)NC(=S)N2Cc2ccncc2)c(C)n1-c1cccc(Br)c1. The van der Waals surface area contributed by atoms with Crippen LogP contribution in [0.5, 0.6) is 0 Å². The van der Waals surface area contributed by atoms with Crippen molar-refractivity contribution in [2.45, 2.75) is 32.5 Å². The van der Waals surface area contributed by atoms with E-state index in [1.165, 1.54) is 22.5 Å². The second kappa shape index (κ2) is 9.08. The van der Waals surface area contributed by atoms with Crippen LogP contribution in [-0.4, -0.2) is 24.5 Å². The van der Waals surface area contributed by atoms with E-state index in [1.54, 1.807) is 0 Å². The number of aromatic nitrogens is 3. The first-order valence-electron chi connectivity index (χ1n) is 10.8. The molecule has 0 bridgehead atoms. The summed E-state index contributed by atoms with van der Waals surface area (Å²) in [6.45, 7) is 5.04. The van der Waals surface area contributed by atoms with Crippen LogP contribution in [0.1, 0.15) is 40.3 Å². The molecule has 1 aromatic carbocycles. The van der Waals surface area contributed by atoms with Crippen molar-refractivity contribution < 1.29 is 0 Å². The Morgan fingerprint density at radius 3 is 2.55 bits per heavy atom. The number of pyridine rings is 2. The van der Waals surface area contributed by atoms with E-state index in [4.69, 9.17) is 12.2 Å². The number of thiocarbonyl (C=S) groups is 1. The Kier molecular flexibility index (Phi) is 6.00. The highest BCUT2D eigenvalue weighted by molar-refractivity contribution is 9.10. The Hall–Kier alpha value is -3.03. The molecule has 166 valence electrons. The summed E-state index contributed by atoms with van der Waals surface area (Å²) >= 11 is 9.46. The molecular formula is C26H24BrN5S. The van der Waals surface area contributed by atoms with E-state index in [-0.39, 0.29) is 12.1 Å². The predicted molar refractivity (Wildman–Crippen MR) is 138 cm³/mol. The van der Waals surface area contributed by atoms with Gasteiger partial charge in [0.2, 0.25) is 0 Å². The number of halogens is 1. The number of rotatable bonds is 5. The highest BCUT2D eigenvalue weighted by Crippen LogP contribution is 2.42. The summed E-state index contributed by atoms with van der Waals surface area (Å²) in [4.78, 5) is 11.1. The summed E-state index contributed by atoms with van der Waals surface area (Å²) in [7, 11) is 0. The van der Waals surface area contributed by atoms with Gasteiger partial charge in [0, 0.05) is 46.7 Å². The van der Waals surface area contributed by atoms with Crippen LogP contribution in [0.2, 0.25) is 0 Å². The van der Waals surface area contributed by atoms with Crippen LogP contribution in [-0.2, 0) is 6.54 Å². The maximum absolute atomic E-state index is 5.85. The quantitative estimate of drug-likeness (QED) is 0.338. The van der Waals surface area contributed by atoms with E-state index in [0.29, 0.717) is 6.54 Å². The second-order valence-electron chi connectivity index (χ2n) is 8.25. The van der Waals surface area contributed by atoms with Crippen LogP contribution in [0, 0.1) is 13.8 Å². The molecule has 1 aliphatic rings. The molecule has 5 rings (SSSR count). The van der Waals surface area contributed by atoms with Gasteiger partial charge in [0.05, 0.1) is 17.8 Å². The average Bonchev–Trinajstić information content (AvgIpc) is 3.30. The van der Waals surface area contributed by atoms with Crippen molar-refractivity contribution in [3.05, 3.63) is 112 Å². The smallest absolute Gasteiger partial charge is 0.170 e. The molecule has 0 amide bonds. The minimum atomic E-state index is -0.0444. The summed E-state index contributed by atoms with van der Waals surface area (Å²) in [5, 5.41) is 4.29. The molecular weight excluding hydrogens is 494 g/mol. The van der Waals surface area contributed by atoms with Gasteiger partial charge in [0.15, 0.2) is 5.11 Å². The normalized spacial score (nSPS) is 17.9. The number of aryl methyl sites for hydroxylation is 1. The summed E-state index contributed by atoms with van der Waals surface area (Å²) < 4.78 is 3.37. The molecule has 0 aliphatic carbocycles. The molecule has 1 saturated heterocycles. The molecule has 0 radical (unpaired) electrons. The molecule has 0 saturated carbocycles. The van der Waals surface area contributed by atoms with E-state index in [2.05, 4.69) is 84.9 Å². The summed E-state index contributed by atoms with van der Waals surface area (Å²) in [6, 6.07) is 20.8. The van der Waals surface area contributed by atoms with Crippen LogP contribution >= 0.6 is 28.1 Å². The predicted octanol–water partition coefficient (Wildman–Crippen LogP) is 5.82. The molecule has 7 heteroatoms. The summed E-state index contributed by atoms with van der Waals surface area (Å²) in [5.41, 5.74) is 6.90. The molecule has 1 aliphatic heterocycles. The van der Waals surface area contributed by atoms with Crippen molar-refractivity contribution in [1.82, 2.24) is 24.8 Å². The monoisotopic (exact) mass is 517 g/mol. The first-order valence-corrected chi connectivity index (χ1v) is 12.0.